The number of furan rings is 2. The van der Waals surface area contributed by atoms with Gasteiger partial charge in [0.25, 0.3) is 5.78 Å². The number of hydrogen-bond acceptors (Lipinski definition) is 4. The lowest BCUT2D eigenvalue weighted by molar-refractivity contribution is -0.114. The highest BCUT2D eigenvalue weighted by Crippen LogP contribution is 2.35. The number of ketones is 1. The fourth-order valence-corrected chi connectivity index (χ4v) is 3.10. The van der Waals surface area contributed by atoms with Crippen LogP contribution >= 0.6 is 15.9 Å². The van der Waals surface area contributed by atoms with Gasteiger partial charge in [-0.2, -0.15) is 0 Å². The van der Waals surface area contributed by atoms with Crippen molar-refractivity contribution >= 4 is 55.2 Å². The Morgan fingerprint density at radius 3 is 2.56 bits per heavy atom. The third kappa shape index (κ3) is 2.74. The summed E-state index contributed by atoms with van der Waals surface area (Å²) >= 11 is 3.39. The number of amides is 1. The molecule has 25 heavy (non-hydrogen) atoms. The van der Waals surface area contributed by atoms with Gasteiger partial charge in [0.2, 0.25) is 11.7 Å². The summed E-state index contributed by atoms with van der Waals surface area (Å²) in [5.41, 5.74) is 1.46. The SMILES string of the molecule is CC(=O)Nc1c(C(=O)c2cc3ccccc3o2)oc2ccc(Br)cc12. The predicted molar refractivity (Wildman–Crippen MR) is 97.9 cm³/mol. The Labute approximate surface area is 150 Å². The quantitative estimate of drug-likeness (QED) is 0.486. The third-order valence-electron chi connectivity index (χ3n) is 3.81. The largest absolute Gasteiger partial charge is 0.452 e. The van der Waals surface area contributed by atoms with E-state index in [-0.39, 0.29) is 17.4 Å². The molecule has 0 aliphatic heterocycles. The van der Waals surface area contributed by atoms with Crippen LogP contribution in [0.2, 0.25) is 0 Å². The van der Waals surface area contributed by atoms with Crippen molar-refractivity contribution in [1.82, 2.24) is 0 Å². The van der Waals surface area contributed by atoms with Crippen molar-refractivity contribution in [2.45, 2.75) is 6.92 Å². The molecule has 2 aromatic carbocycles. The van der Waals surface area contributed by atoms with Gasteiger partial charge in [-0.15, -0.1) is 0 Å². The van der Waals surface area contributed by atoms with Crippen LogP contribution in [-0.2, 0) is 4.79 Å². The maximum atomic E-state index is 12.9. The highest BCUT2D eigenvalue weighted by molar-refractivity contribution is 9.10. The molecule has 0 spiro atoms. The molecule has 0 radical (unpaired) electrons. The average molecular weight is 398 g/mol. The summed E-state index contributed by atoms with van der Waals surface area (Å²) in [4.78, 5) is 24.5. The Hall–Kier alpha value is -2.86. The van der Waals surface area contributed by atoms with Crippen molar-refractivity contribution in [2.75, 3.05) is 5.32 Å². The Bertz CT molecular complexity index is 1110. The van der Waals surface area contributed by atoms with Crippen LogP contribution < -0.4 is 5.32 Å². The summed E-state index contributed by atoms with van der Waals surface area (Å²) in [5.74, 6) is -0.512. The zero-order valence-electron chi connectivity index (χ0n) is 13.1. The van der Waals surface area contributed by atoms with Crippen molar-refractivity contribution in [3.05, 3.63) is 64.5 Å². The second-order valence-corrected chi connectivity index (χ2v) is 6.52. The van der Waals surface area contributed by atoms with Crippen LogP contribution in [0.5, 0.6) is 0 Å². The molecule has 6 heteroatoms. The fourth-order valence-electron chi connectivity index (χ4n) is 2.74. The zero-order valence-corrected chi connectivity index (χ0v) is 14.7. The molecule has 0 aliphatic rings. The molecule has 2 aromatic heterocycles. The van der Waals surface area contributed by atoms with Crippen LogP contribution in [0.4, 0.5) is 5.69 Å². The smallest absolute Gasteiger partial charge is 0.265 e. The van der Waals surface area contributed by atoms with Crippen LogP contribution in [0.1, 0.15) is 23.2 Å². The van der Waals surface area contributed by atoms with Crippen LogP contribution in [0.25, 0.3) is 21.9 Å². The Morgan fingerprint density at radius 2 is 1.80 bits per heavy atom. The molecular formula is C19H12BrNO4. The van der Waals surface area contributed by atoms with E-state index in [1.165, 1.54) is 6.92 Å². The number of benzene rings is 2. The minimum atomic E-state index is -0.424. The summed E-state index contributed by atoms with van der Waals surface area (Å²) in [6, 6.07) is 14.3. The second-order valence-electron chi connectivity index (χ2n) is 5.61. The van der Waals surface area contributed by atoms with E-state index < -0.39 is 5.78 Å². The van der Waals surface area contributed by atoms with Crippen molar-refractivity contribution < 1.29 is 18.4 Å². The van der Waals surface area contributed by atoms with Gasteiger partial charge in [-0.05, 0) is 30.3 Å². The molecule has 124 valence electrons. The minimum absolute atomic E-state index is 0.0438. The molecule has 1 N–H and O–H groups in total. The first-order valence-corrected chi connectivity index (χ1v) is 8.35. The number of para-hydroxylation sites is 1. The summed E-state index contributed by atoms with van der Waals surface area (Å²) in [7, 11) is 0. The van der Waals surface area contributed by atoms with Gasteiger partial charge in [0.15, 0.2) is 5.76 Å². The summed E-state index contributed by atoms with van der Waals surface area (Å²) in [5, 5.41) is 4.16. The summed E-state index contributed by atoms with van der Waals surface area (Å²) in [6.07, 6.45) is 0. The fraction of sp³-hybridized carbons (Fsp3) is 0.0526. The van der Waals surface area contributed by atoms with E-state index in [1.807, 2.05) is 18.2 Å². The molecule has 0 unspecified atom stereocenters. The Kier molecular flexibility index (Phi) is 3.69. The van der Waals surface area contributed by atoms with E-state index in [0.717, 1.165) is 9.86 Å². The van der Waals surface area contributed by atoms with E-state index in [4.69, 9.17) is 8.83 Å². The number of anilines is 1. The molecule has 0 aliphatic carbocycles. The summed E-state index contributed by atoms with van der Waals surface area (Å²) < 4.78 is 12.2. The third-order valence-corrected chi connectivity index (χ3v) is 4.30. The predicted octanol–water partition coefficient (Wildman–Crippen LogP) is 5.13. The molecular weight excluding hydrogens is 386 g/mol. The number of carbonyl (C=O) groups excluding carboxylic acids is 2. The Balaban J connectivity index is 1.89. The van der Waals surface area contributed by atoms with Gasteiger partial charge in [-0.25, -0.2) is 0 Å². The lowest BCUT2D eigenvalue weighted by Gasteiger charge is -2.01. The van der Waals surface area contributed by atoms with Crippen LogP contribution in [0, 0.1) is 0 Å². The second kappa shape index (κ2) is 5.89. The first kappa shape index (κ1) is 15.7. The number of nitrogens with one attached hydrogen (secondary N) is 1. The first-order valence-electron chi connectivity index (χ1n) is 7.56. The van der Waals surface area contributed by atoms with E-state index in [0.29, 0.717) is 22.2 Å². The molecule has 4 aromatic rings. The normalized spacial score (nSPS) is 11.1. The molecule has 0 bridgehead atoms. The van der Waals surface area contributed by atoms with Gasteiger partial charge in [0.05, 0.1) is 5.69 Å². The topological polar surface area (TPSA) is 72.5 Å². The van der Waals surface area contributed by atoms with Gasteiger partial charge in [-0.1, -0.05) is 34.1 Å². The van der Waals surface area contributed by atoms with Crippen molar-refractivity contribution in [3.63, 3.8) is 0 Å². The van der Waals surface area contributed by atoms with Crippen molar-refractivity contribution in [3.8, 4) is 0 Å². The lowest BCUT2D eigenvalue weighted by Crippen LogP contribution is -2.09. The van der Waals surface area contributed by atoms with Gasteiger partial charge in [0.1, 0.15) is 11.2 Å². The highest BCUT2D eigenvalue weighted by Gasteiger charge is 2.25. The van der Waals surface area contributed by atoms with E-state index >= 15 is 0 Å². The summed E-state index contributed by atoms with van der Waals surface area (Å²) in [6.45, 7) is 1.38. The molecule has 0 atom stereocenters. The van der Waals surface area contributed by atoms with Crippen LogP contribution in [0.3, 0.4) is 0 Å². The van der Waals surface area contributed by atoms with Gasteiger partial charge < -0.3 is 14.2 Å². The van der Waals surface area contributed by atoms with Crippen LogP contribution in [0.15, 0.2) is 61.8 Å². The van der Waals surface area contributed by atoms with Crippen LogP contribution in [-0.4, -0.2) is 11.7 Å². The molecule has 2 heterocycles. The number of carbonyl (C=O) groups is 2. The molecule has 0 saturated carbocycles. The maximum absolute atomic E-state index is 12.9. The standard InChI is InChI=1S/C19H12BrNO4/c1-10(22)21-17-13-9-12(20)6-7-15(13)25-19(17)18(23)16-8-11-4-2-3-5-14(11)24-16/h2-9H,1H3,(H,21,22). The average Bonchev–Trinajstić information content (AvgIpc) is 3.16. The van der Waals surface area contributed by atoms with E-state index in [9.17, 15) is 9.59 Å². The minimum Gasteiger partial charge on any atom is -0.452 e. The number of hydrogen-bond donors (Lipinski definition) is 1. The highest BCUT2D eigenvalue weighted by atomic mass is 79.9. The van der Waals surface area contributed by atoms with Crippen molar-refractivity contribution in [2.24, 2.45) is 0 Å². The zero-order chi connectivity index (χ0) is 17.6. The molecule has 5 nitrogen and oxygen atoms in total. The van der Waals surface area contributed by atoms with Gasteiger partial charge in [-0.3, -0.25) is 9.59 Å². The van der Waals surface area contributed by atoms with E-state index in [2.05, 4.69) is 21.2 Å². The molecule has 0 saturated heterocycles. The molecule has 1 amide bonds. The number of rotatable bonds is 3. The van der Waals surface area contributed by atoms with Crippen molar-refractivity contribution in [1.29, 1.82) is 0 Å². The van der Waals surface area contributed by atoms with E-state index in [1.54, 1.807) is 30.3 Å². The Morgan fingerprint density at radius 1 is 1.00 bits per heavy atom. The lowest BCUT2D eigenvalue weighted by atomic mass is 10.1. The number of fused-ring (bicyclic) bond motifs is 2. The van der Waals surface area contributed by atoms with Gasteiger partial charge >= 0.3 is 0 Å². The van der Waals surface area contributed by atoms with Gasteiger partial charge in [0, 0.05) is 22.2 Å². The molecule has 0 fully saturated rings. The number of halogens is 1. The molecule has 4 rings (SSSR count). The maximum Gasteiger partial charge on any atom is 0.265 e. The monoisotopic (exact) mass is 397 g/mol. The first-order chi connectivity index (χ1) is 12.0.